The summed E-state index contributed by atoms with van der Waals surface area (Å²) in [5.41, 5.74) is 5.83. The molecule has 15 heavy (non-hydrogen) atoms. The molecule has 2 N–H and O–H groups in total. The quantitative estimate of drug-likeness (QED) is 0.744. The molecule has 0 unspecified atom stereocenters. The van der Waals surface area contributed by atoms with Gasteiger partial charge in [0.1, 0.15) is 5.82 Å². The summed E-state index contributed by atoms with van der Waals surface area (Å²) in [5.74, 6) is 0.525. The van der Waals surface area contributed by atoms with E-state index in [4.69, 9.17) is 5.73 Å². The minimum absolute atomic E-state index is 0.525. The smallest absolute Gasteiger partial charge is 0.131 e. The first kappa shape index (κ1) is 9.46. The SMILES string of the molecule is C=C/C=c1\c(=C)nc(N)c2ccccc12. The number of fused-ring (bicyclic) bond motifs is 1. The van der Waals surface area contributed by atoms with Crippen molar-refractivity contribution in [1.82, 2.24) is 4.98 Å². The lowest BCUT2D eigenvalue weighted by molar-refractivity contribution is 1.27. The number of hydrogen-bond donors (Lipinski definition) is 1. The van der Waals surface area contributed by atoms with Crippen LogP contribution in [0.4, 0.5) is 5.82 Å². The van der Waals surface area contributed by atoms with Gasteiger partial charge in [-0.05, 0) is 5.39 Å². The van der Waals surface area contributed by atoms with Gasteiger partial charge in [-0.1, -0.05) is 49.6 Å². The summed E-state index contributed by atoms with van der Waals surface area (Å²) in [7, 11) is 0. The van der Waals surface area contributed by atoms with Crippen LogP contribution in [0, 0.1) is 0 Å². The molecule has 0 saturated carbocycles. The van der Waals surface area contributed by atoms with E-state index in [0.717, 1.165) is 16.0 Å². The first-order chi connectivity index (χ1) is 7.24. The minimum Gasteiger partial charge on any atom is -0.383 e. The third kappa shape index (κ3) is 1.50. The number of benzene rings is 1. The molecule has 74 valence electrons. The van der Waals surface area contributed by atoms with Crippen LogP contribution in [-0.4, -0.2) is 4.98 Å². The average Bonchev–Trinajstić information content (AvgIpc) is 2.24. The fraction of sp³-hybridized carbons (Fsp3) is 0. The van der Waals surface area contributed by atoms with Crippen LogP contribution in [0.3, 0.4) is 0 Å². The number of allylic oxidation sites excluding steroid dienone is 1. The molecule has 1 aromatic carbocycles. The van der Waals surface area contributed by atoms with Crippen LogP contribution >= 0.6 is 0 Å². The Morgan fingerprint density at radius 2 is 1.87 bits per heavy atom. The number of rotatable bonds is 1. The second kappa shape index (κ2) is 3.58. The Bertz CT molecular complexity index is 627. The lowest BCUT2D eigenvalue weighted by Gasteiger charge is -2.01. The third-order valence-corrected chi connectivity index (χ3v) is 2.34. The fourth-order valence-electron chi connectivity index (χ4n) is 1.67. The van der Waals surface area contributed by atoms with E-state index in [2.05, 4.69) is 18.1 Å². The molecule has 2 rings (SSSR count). The molecule has 2 nitrogen and oxygen atoms in total. The lowest BCUT2D eigenvalue weighted by Crippen LogP contribution is -2.28. The lowest BCUT2D eigenvalue weighted by atomic mass is 10.1. The maximum Gasteiger partial charge on any atom is 0.131 e. The van der Waals surface area contributed by atoms with Crippen LogP contribution < -0.4 is 16.3 Å². The molecule has 0 aliphatic rings. The molecule has 0 amide bonds. The van der Waals surface area contributed by atoms with Crippen molar-refractivity contribution in [3.8, 4) is 0 Å². The number of nitrogen functional groups attached to an aromatic ring is 1. The number of hydrogen-bond acceptors (Lipinski definition) is 2. The summed E-state index contributed by atoms with van der Waals surface area (Å²) < 4.78 is 0. The molecule has 0 radical (unpaired) electrons. The molecule has 0 saturated heterocycles. The van der Waals surface area contributed by atoms with E-state index in [-0.39, 0.29) is 0 Å². The summed E-state index contributed by atoms with van der Waals surface area (Å²) in [6.07, 6.45) is 3.63. The zero-order valence-corrected chi connectivity index (χ0v) is 8.40. The van der Waals surface area contributed by atoms with Crippen LogP contribution in [0.1, 0.15) is 0 Å². The van der Waals surface area contributed by atoms with Gasteiger partial charge in [-0.15, -0.1) is 0 Å². The van der Waals surface area contributed by atoms with Crippen molar-refractivity contribution in [2.75, 3.05) is 5.73 Å². The highest BCUT2D eigenvalue weighted by atomic mass is 14.8. The summed E-state index contributed by atoms with van der Waals surface area (Å²) in [6, 6.07) is 7.89. The maximum atomic E-state index is 5.83. The van der Waals surface area contributed by atoms with E-state index in [1.807, 2.05) is 30.3 Å². The van der Waals surface area contributed by atoms with Gasteiger partial charge < -0.3 is 5.73 Å². The standard InChI is InChI=1S/C13H12N2/c1-3-6-10-9(2)15-13(14)12-8-5-4-7-11(10)12/h3-8H,1-2H2,(H2,14,15)/b10-6+. The van der Waals surface area contributed by atoms with Gasteiger partial charge in [-0.3, -0.25) is 0 Å². The van der Waals surface area contributed by atoms with Gasteiger partial charge in [0.25, 0.3) is 0 Å². The molecule has 0 atom stereocenters. The van der Waals surface area contributed by atoms with Crippen LogP contribution in [0.15, 0.2) is 36.9 Å². The van der Waals surface area contributed by atoms with E-state index < -0.39 is 0 Å². The predicted molar refractivity (Wildman–Crippen MR) is 65.6 cm³/mol. The Morgan fingerprint density at radius 3 is 2.53 bits per heavy atom. The molecule has 0 fully saturated rings. The van der Waals surface area contributed by atoms with Crippen LogP contribution in [0.25, 0.3) is 23.4 Å². The van der Waals surface area contributed by atoms with Crippen molar-refractivity contribution in [2.24, 2.45) is 0 Å². The monoisotopic (exact) mass is 196 g/mol. The van der Waals surface area contributed by atoms with Crippen molar-refractivity contribution in [2.45, 2.75) is 0 Å². The van der Waals surface area contributed by atoms with Gasteiger partial charge in [0, 0.05) is 10.6 Å². The zero-order chi connectivity index (χ0) is 10.8. The highest BCUT2D eigenvalue weighted by Gasteiger charge is 2.00. The van der Waals surface area contributed by atoms with Gasteiger partial charge in [0.2, 0.25) is 0 Å². The molecule has 0 aliphatic carbocycles. The number of nitrogens with zero attached hydrogens (tertiary/aromatic N) is 1. The Hall–Kier alpha value is -2.09. The van der Waals surface area contributed by atoms with Gasteiger partial charge in [0.15, 0.2) is 0 Å². The van der Waals surface area contributed by atoms with Gasteiger partial charge in [0.05, 0.1) is 5.35 Å². The molecule has 0 aliphatic heterocycles. The zero-order valence-electron chi connectivity index (χ0n) is 8.40. The Kier molecular flexibility index (Phi) is 2.26. The molecular formula is C13H12N2. The number of pyridine rings is 1. The second-order valence-corrected chi connectivity index (χ2v) is 3.31. The van der Waals surface area contributed by atoms with Crippen LogP contribution in [0.2, 0.25) is 0 Å². The highest BCUT2D eigenvalue weighted by Crippen LogP contribution is 2.12. The highest BCUT2D eigenvalue weighted by molar-refractivity contribution is 5.91. The molecule has 2 heteroatoms. The van der Waals surface area contributed by atoms with Crippen molar-refractivity contribution in [3.63, 3.8) is 0 Å². The molecule has 0 bridgehead atoms. The van der Waals surface area contributed by atoms with Crippen molar-refractivity contribution in [1.29, 1.82) is 0 Å². The predicted octanol–water partition coefficient (Wildman–Crippen LogP) is 1.19. The van der Waals surface area contributed by atoms with E-state index in [1.165, 1.54) is 0 Å². The Labute approximate surface area is 88.1 Å². The van der Waals surface area contributed by atoms with E-state index >= 15 is 0 Å². The first-order valence-corrected chi connectivity index (χ1v) is 4.70. The van der Waals surface area contributed by atoms with Crippen LogP contribution in [-0.2, 0) is 0 Å². The van der Waals surface area contributed by atoms with Gasteiger partial charge in [-0.2, -0.15) is 0 Å². The number of aromatic nitrogens is 1. The first-order valence-electron chi connectivity index (χ1n) is 4.70. The Balaban J connectivity index is 3.10. The molecular weight excluding hydrogens is 184 g/mol. The fourth-order valence-corrected chi connectivity index (χ4v) is 1.67. The van der Waals surface area contributed by atoms with Crippen molar-refractivity contribution >= 4 is 29.2 Å². The van der Waals surface area contributed by atoms with Crippen molar-refractivity contribution < 1.29 is 0 Å². The second-order valence-electron chi connectivity index (χ2n) is 3.31. The average molecular weight is 196 g/mol. The van der Waals surface area contributed by atoms with Gasteiger partial charge >= 0.3 is 0 Å². The number of anilines is 1. The minimum atomic E-state index is 0.525. The maximum absolute atomic E-state index is 5.83. The largest absolute Gasteiger partial charge is 0.383 e. The summed E-state index contributed by atoms with van der Waals surface area (Å²) >= 11 is 0. The van der Waals surface area contributed by atoms with E-state index in [0.29, 0.717) is 11.2 Å². The Morgan fingerprint density at radius 1 is 1.20 bits per heavy atom. The third-order valence-electron chi connectivity index (χ3n) is 2.34. The summed E-state index contributed by atoms with van der Waals surface area (Å²) in [4.78, 5) is 4.21. The summed E-state index contributed by atoms with van der Waals surface area (Å²) in [5, 5.41) is 3.69. The molecule has 1 heterocycles. The van der Waals surface area contributed by atoms with Gasteiger partial charge in [-0.25, -0.2) is 4.98 Å². The topological polar surface area (TPSA) is 38.9 Å². The molecule has 2 aromatic rings. The molecule has 0 spiro atoms. The summed E-state index contributed by atoms with van der Waals surface area (Å²) in [6.45, 7) is 7.56. The normalized spacial score (nSPS) is 11.9. The number of nitrogens with two attached hydrogens (primary N) is 1. The van der Waals surface area contributed by atoms with E-state index in [9.17, 15) is 0 Å². The van der Waals surface area contributed by atoms with E-state index in [1.54, 1.807) is 6.08 Å². The van der Waals surface area contributed by atoms with Crippen LogP contribution in [0.5, 0.6) is 0 Å². The van der Waals surface area contributed by atoms with Crippen molar-refractivity contribution in [3.05, 3.63) is 47.5 Å². The molecule has 1 aromatic heterocycles.